The Morgan fingerprint density at radius 2 is 1.96 bits per heavy atom. The molecule has 28 heavy (non-hydrogen) atoms. The van der Waals surface area contributed by atoms with Gasteiger partial charge in [-0.05, 0) is 43.2 Å². The molecule has 0 atom stereocenters. The highest BCUT2D eigenvalue weighted by Crippen LogP contribution is 2.23. The minimum Gasteiger partial charge on any atom is -0.347 e. The Balaban J connectivity index is 1.35. The lowest BCUT2D eigenvalue weighted by atomic mass is 9.95. The molecular weight excluding hydrogens is 354 g/mol. The van der Waals surface area contributed by atoms with E-state index in [1.165, 1.54) is 0 Å². The van der Waals surface area contributed by atoms with Crippen molar-refractivity contribution in [1.82, 2.24) is 19.7 Å². The summed E-state index contributed by atoms with van der Waals surface area (Å²) in [5.41, 5.74) is 3.32. The van der Waals surface area contributed by atoms with E-state index in [1.54, 1.807) is 6.20 Å². The van der Waals surface area contributed by atoms with Gasteiger partial charge in [-0.1, -0.05) is 12.1 Å². The van der Waals surface area contributed by atoms with Crippen LogP contribution in [0.4, 0.5) is 5.69 Å². The van der Waals surface area contributed by atoms with E-state index in [1.807, 2.05) is 65.2 Å². The molecule has 1 fully saturated rings. The maximum atomic E-state index is 12.7. The third kappa shape index (κ3) is 3.69. The lowest BCUT2D eigenvalue weighted by Gasteiger charge is -2.31. The Labute approximate surface area is 163 Å². The second-order valence-electron chi connectivity index (χ2n) is 7.11. The average Bonchev–Trinajstić information content (AvgIpc) is 3.40. The van der Waals surface area contributed by atoms with Gasteiger partial charge in [0.15, 0.2) is 0 Å². The van der Waals surface area contributed by atoms with Crippen molar-refractivity contribution in [1.29, 1.82) is 0 Å². The first-order chi connectivity index (χ1) is 13.6. The van der Waals surface area contributed by atoms with E-state index in [0.29, 0.717) is 31.6 Å². The molecule has 1 aromatic carbocycles. The largest absolute Gasteiger partial charge is 0.347 e. The number of carbonyl (C=O) groups excluding carboxylic acids is 2. The zero-order chi connectivity index (χ0) is 19.5. The van der Waals surface area contributed by atoms with Crippen LogP contribution in [0, 0.1) is 5.92 Å². The third-order valence-electron chi connectivity index (χ3n) is 5.26. The maximum absolute atomic E-state index is 12.7. The number of anilines is 1. The van der Waals surface area contributed by atoms with Gasteiger partial charge in [0.2, 0.25) is 5.91 Å². The number of nitrogens with zero attached hydrogens (tertiary/aromatic N) is 3. The molecule has 2 aromatic heterocycles. The maximum Gasteiger partial charge on any atom is 0.270 e. The summed E-state index contributed by atoms with van der Waals surface area (Å²) in [5.74, 6) is -0.0559. The van der Waals surface area contributed by atoms with Crippen LogP contribution in [0.2, 0.25) is 0 Å². The zero-order valence-electron chi connectivity index (χ0n) is 15.8. The number of hydrogen-bond acceptors (Lipinski definition) is 3. The minimum atomic E-state index is -0.0896. The van der Waals surface area contributed by atoms with Crippen LogP contribution in [0.3, 0.4) is 0 Å². The van der Waals surface area contributed by atoms with Gasteiger partial charge in [0.25, 0.3) is 5.91 Å². The molecule has 7 nitrogen and oxygen atoms in total. The minimum absolute atomic E-state index is 0.00715. The van der Waals surface area contributed by atoms with Crippen molar-refractivity contribution >= 4 is 17.5 Å². The van der Waals surface area contributed by atoms with E-state index in [9.17, 15) is 9.59 Å². The van der Waals surface area contributed by atoms with E-state index >= 15 is 0 Å². The molecule has 4 rings (SSSR count). The standard InChI is InChI=1S/C21H23N5O2/c1-25-11-3-6-19(25)21(28)26-12-8-15(9-13-26)20(27)23-17-5-2-4-16(14-17)18-7-10-22-24-18/h2-7,10-11,14-15H,8-9,12-13H2,1H3,(H,22,24)(H,23,27). The van der Waals surface area contributed by atoms with Gasteiger partial charge in [0, 0.05) is 49.7 Å². The number of likely N-dealkylation sites (tertiary alicyclic amines) is 1. The van der Waals surface area contributed by atoms with Gasteiger partial charge in [-0.25, -0.2) is 0 Å². The molecule has 0 unspecified atom stereocenters. The summed E-state index contributed by atoms with van der Waals surface area (Å²) >= 11 is 0. The number of carbonyl (C=O) groups is 2. The molecule has 0 spiro atoms. The van der Waals surface area contributed by atoms with Crippen LogP contribution in [0.1, 0.15) is 23.3 Å². The van der Waals surface area contributed by atoms with Gasteiger partial charge >= 0.3 is 0 Å². The molecule has 1 aliphatic rings. The molecule has 2 N–H and O–H groups in total. The Morgan fingerprint density at radius 3 is 2.64 bits per heavy atom. The van der Waals surface area contributed by atoms with Crippen LogP contribution >= 0.6 is 0 Å². The first kappa shape index (κ1) is 18.0. The number of aromatic amines is 1. The number of piperidine rings is 1. The molecular formula is C21H23N5O2. The van der Waals surface area contributed by atoms with Gasteiger partial charge < -0.3 is 14.8 Å². The number of H-pyrrole nitrogens is 1. The molecule has 0 saturated carbocycles. The van der Waals surface area contributed by atoms with Crippen molar-refractivity contribution in [3.05, 3.63) is 60.6 Å². The van der Waals surface area contributed by atoms with Crippen molar-refractivity contribution < 1.29 is 9.59 Å². The second kappa shape index (κ2) is 7.72. The number of amides is 2. The van der Waals surface area contributed by atoms with Crippen molar-refractivity contribution in [2.75, 3.05) is 18.4 Å². The average molecular weight is 377 g/mol. The fourth-order valence-corrected chi connectivity index (χ4v) is 3.62. The van der Waals surface area contributed by atoms with Crippen LogP contribution in [-0.2, 0) is 11.8 Å². The molecule has 0 radical (unpaired) electrons. The molecule has 1 aliphatic heterocycles. The number of benzene rings is 1. The summed E-state index contributed by atoms with van der Waals surface area (Å²) in [6, 6.07) is 13.3. The highest BCUT2D eigenvalue weighted by molar-refractivity contribution is 5.94. The van der Waals surface area contributed by atoms with Crippen molar-refractivity contribution in [2.45, 2.75) is 12.8 Å². The molecule has 7 heteroatoms. The lowest BCUT2D eigenvalue weighted by Crippen LogP contribution is -2.42. The fourth-order valence-electron chi connectivity index (χ4n) is 3.62. The molecule has 3 heterocycles. The number of nitrogens with one attached hydrogen (secondary N) is 2. The first-order valence-electron chi connectivity index (χ1n) is 9.43. The van der Waals surface area contributed by atoms with E-state index < -0.39 is 0 Å². The number of aromatic nitrogens is 3. The van der Waals surface area contributed by atoms with Crippen LogP contribution < -0.4 is 5.32 Å². The topological polar surface area (TPSA) is 83.0 Å². The summed E-state index contributed by atoms with van der Waals surface area (Å²) in [6.45, 7) is 1.19. The van der Waals surface area contributed by atoms with Crippen molar-refractivity contribution in [3.63, 3.8) is 0 Å². The van der Waals surface area contributed by atoms with Crippen LogP contribution in [0.15, 0.2) is 54.9 Å². The Hall–Kier alpha value is -3.35. The summed E-state index contributed by atoms with van der Waals surface area (Å²) in [7, 11) is 1.87. The first-order valence-corrected chi connectivity index (χ1v) is 9.43. The van der Waals surface area contributed by atoms with E-state index in [4.69, 9.17) is 0 Å². The number of aryl methyl sites for hydroxylation is 1. The number of hydrogen-bond donors (Lipinski definition) is 2. The van der Waals surface area contributed by atoms with Crippen LogP contribution in [0.5, 0.6) is 0 Å². The quantitative estimate of drug-likeness (QED) is 0.733. The molecule has 3 aromatic rings. The summed E-state index contributed by atoms with van der Waals surface area (Å²) in [6.07, 6.45) is 4.90. The van der Waals surface area contributed by atoms with Crippen molar-refractivity contribution in [2.24, 2.45) is 13.0 Å². The Morgan fingerprint density at radius 1 is 1.14 bits per heavy atom. The predicted molar refractivity (Wildman–Crippen MR) is 107 cm³/mol. The van der Waals surface area contributed by atoms with Gasteiger partial charge in [-0.2, -0.15) is 5.10 Å². The van der Waals surface area contributed by atoms with Crippen LogP contribution in [0.25, 0.3) is 11.3 Å². The normalized spacial score (nSPS) is 14.8. The predicted octanol–water partition coefficient (Wildman–Crippen LogP) is 2.91. The van der Waals surface area contributed by atoms with Gasteiger partial charge in [0.1, 0.15) is 5.69 Å². The SMILES string of the molecule is Cn1cccc1C(=O)N1CCC(C(=O)Nc2cccc(-c3ccn[nH]3)c2)CC1. The van der Waals surface area contributed by atoms with E-state index in [-0.39, 0.29) is 17.7 Å². The van der Waals surface area contributed by atoms with Crippen LogP contribution in [-0.4, -0.2) is 44.6 Å². The molecule has 0 aliphatic carbocycles. The molecule has 144 valence electrons. The fraction of sp³-hybridized carbons (Fsp3) is 0.286. The highest BCUT2D eigenvalue weighted by Gasteiger charge is 2.28. The van der Waals surface area contributed by atoms with Gasteiger partial charge in [0.05, 0.1) is 5.69 Å². The molecule has 1 saturated heterocycles. The third-order valence-corrected chi connectivity index (χ3v) is 5.26. The smallest absolute Gasteiger partial charge is 0.270 e. The lowest BCUT2D eigenvalue weighted by molar-refractivity contribution is -0.121. The van der Waals surface area contributed by atoms with E-state index in [2.05, 4.69) is 15.5 Å². The summed E-state index contributed by atoms with van der Waals surface area (Å²) in [5, 5.41) is 9.90. The molecule has 2 amide bonds. The Bertz CT molecular complexity index is 968. The number of rotatable bonds is 4. The van der Waals surface area contributed by atoms with E-state index in [0.717, 1.165) is 16.9 Å². The summed E-state index contributed by atoms with van der Waals surface area (Å²) < 4.78 is 1.83. The Kier molecular flexibility index (Phi) is 4.97. The zero-order valence-corrected chi connectivity index (χ0v) is 15.8. The monoisotopic (exact) mass is 377 g/mol. The molecule has 0 bridgehead atoms. The second-order valence-corrected chi connectivity index (χ2v) is 7.11. The van der Waals surface area contributed by atoms with Gasteiger partial charge in [-0.15, -0.1) is 0 Å². The van der Waals surface area contributed by atoms with Crippen molar-refractivity contribution in [3.8, 4) is 11.3 Å². The highest BCUT2D eigenvalue weighted by atomic mass is 16.2. The van der Waals surface area contributed by atoms with Gasteiger partial charge in [-0.3, -0.25) is 14.7 Å². The summed E-state index contributed by atoms with van der Waals surface area (Å²) in [4.78, 5) is 27.1.